The number of anilines is 3. The average Bonchev–Trinajstić information content (AvgIpc) is 3.15. The van der Waals surface area contributed by atoms with E-state index in [0.29, 0.717) is 5.92 Å². The monoisotopic (exact) mass is 322 g/mol. The molecule has 0 saturated carbocycles. The van der Waals surface area contributed by atoms with Crippen LogP contribution in [0.2, 0.25) is 0 Å². The second-order valence-corrected chi connectivity index (χ2v) is 6.53. The van der Waals surface area contributed by atoms with Crippen LogP contribution in [-0.4, -0.2) is 10.9 Å². The van der Waals surface area contributed by atoms with Gasteiger partial charge in [0.05, 0.1) is 17.3 Å². The van der Waals surface area contributed by atoms with Crippen LogP contribution in [0.3, 0.4) is 0 Å². The van der Waals surface area contributed by atoms with Gasteiger partial charge in [-0.2, -0.15) is 0 Å². The van der Waals surface area contributed by atoms with E-state index in [1.54, 1.807) is 12.4 Å². The molecular weight excluding hydrogens is 300 g/mol. The predicted octanol–water partition coefficient (Wildman–Crippen LogP) is 4.09. The number of amides is 1. The highest BCUT2D eigenvalue weighted by atomic mass is 16.2. The molecule has 5 heteroatoms. The van der Waals surface area contributed by atoms with Crippen molar-refractivity contribution in [2.45, 2.75) is 38.8 Å². The van der Waals surface area contributed by atoms with Gasteiger partial charge in [-0.3, -0.25) is 9.78 Å². The summed E-state index contributed by atoms with van der Waals surface area (Å²) in [5.41, 5.74) is 5.29. The van der Waals surface area contributed by atoms with Crippen LogP contribution in [0.25, 0.3) is 0 Å². The van der Waals surface area contributed by atoms with Gasteiger partial charge in [-0.25, -0.2) is 0 Å². The summed E-state index contributed by atoms with van der Waals surface area (Å²) in [6, 6.07) is 8.19. The summed E-state index contributed by atoms with van der Waals surface area (Å²) in [4.78, 5) is 16.5. The smallest absolute Gasteiger partial charge is 0.232 e. The molecule has 0 fully saturated rings. The summed E-state index contributed by atoms with van der Waals surface area (Å²) in [5.74, 6) is 0.477. The third-order valence-electron chi connectivity index (χ3n) is 5.22. The molecule has 0 spiro atoms. The van der Waals surface area contributed by atoms with Crippen molar-refractivity contribution in [1.82, 2.24) is 4.98 Å². The number of pyridine rings is 1. The lowest BCUT2D eigenvalue weighted by Gasteiger charge is -2.19. The minimum Gasteiger partial charge on any atom is -0.360 e. The number of nitrogens with zero attached hydrogens (tertiary/aromatic N) is 1. The van der Waals surface area contributed by atoms with Gasteiger partial charge in [0.1, 0.15) is 6.17 Å². The van der Waals surface area contributed by atoms with Crippen LogP contribution in [0.15, 0.2) is 36.7 Å². The highest BCUT2D eigenvalue weighted by Crippen LogP contribution is 2.46. The molecule has 1 amide bonds. The summed E-state index contributed by atoms with van der Waals surface area (Å²) in [5, 5.41) is 10.1. The number of fused-ring (bicyclic) bond motifs is 2. The summed E-state index contributed by atoms with van der Waals surface area (Å²) < 4.78 is 0. The molecule has 2 atom stereocenters. The van der Waals surface area contributed by atoms with E-state index in [9.17, 15) is 4.79 Å². The van der Waals surface area contributed by atoms with Crippen molar-refractivity contribution >= 4 is 23.0 Å². The first-order chi connectivity index (χ1) is 11.7. The molecule has 24 heavy (non-hydrogen) atoms. The summed E-state index contributed by atoms with van der Waals surface area (Å²) in [6.07, 6.45) is 5.65. The zero-order valence-electron chi connectivity index (χ0n) is 14.0. The molecule has 2 unspecified atom stereocenters. The first-order valence-corrected chi connectivity index (χ1v) is 8.63. The van der Waals surface area contributed by atoms with Gasteiger partial charge < -0.3 is 16.0 Å². The van der Waals surface area contributed by atoms with Crippen LogP contribution in [0, 0.1) is 5.92 Å². The number of benzene rings is 1. The molecule has 1 aromatic heterocycles. The number of carbonyl (C=O) groups is 1. The van der Waals surface area contributed by atoms with E-state index >= 15 is 0 Å². The largest absolute Gasteiger partial charge is 0.360 e. The van der Waals surface area contributed by atoms with E-state index in [2.05, 4.69) is 46.9 Å². The molecule has 0 aliphatic carbocycles. The van der Waals surface area contributed by atoms with Crippen LogP contribution < -0.4 is 16.0 Å². The van der Waals surface area contributed by atoms with Crippen molar-refractivity contribution in [2.24, 2.45) is 5.92 Å². The van der Waals surface area contributed by atoms with Crippen molar-refractivity contribution in [3.05, 3.63) is 47.8 Å². The number of carbonyl (C=O) groups excluding carboxylic acids is 1. The Balaban J connectivity index is 1.66. The lowest BCUT2D eigenvalue weighted by atomic mass is 9.83. The van der Waals surface area contributed by atoms with E-state index in [0.717, 1.165) is 41.0 Å². The van der Waals surface area contributed by atoms with E-state index in [-0.39, 0.29) is 18.0 Å². The third kappa shape index (κ3) is 2.31. The van der Waals surface area contributed by atoms with Crippen molar-refractivity contribution in [1.29, 1.82) is 0 Å². The first-order valence-electron chi connectivity index (χ1n) is 8.63. The fraction of sp³-hybridized carbons (Fsp3) is 0.368. The Hall–Kier alpha value is -2.56. The SMILES string of the molecule is CCC(CC)C1C(=O)Nc2cc3c(cc21)NC(c1ccncc1)N3. The van der Waals surface area contributed by atoms with Gasteiger partial charge in [-0.15, -0.1) is 0 Å². The Kier molecular flexibility index (Phi) is 3.63. The molecule has 3 N–H and O–H groups in total. The van der Waals surface area contributed by atoms with Gasteiger partial charge in [0, 0.05) is 18.1 Å². The molecule has 4 rings (SSSR count). The molecule has 2 aliphatic heterocycles. The maximum absolute atomic E-state index is 12.4. The Morgan fingerprint density at radius 2 is 1.71 bits per heavy atom. The van der Waals surface area contributed by atoms with E-state index < -0.39 is 0 Å². The second-order valence-electron chi connectivity index (χ2n) is 6.53. The van der Waals surface area contributed by atoms with E-state index in [4.69, 9.17) is 0 Å². The molecule has 5 nitrogen and oxygen atoms in total. The molecule has 3 heterocycles. The van der Waals surface area contributed by atoms with Gasteiger partial charge in [-0.05, 0) is 41.3 Å². The van der Waals surface area contributed by atoms with Crippen molar-refractivity contribution in [2.75, 3.05) is 16.0 Å². The van der Waals surface area contributed by atoms with Crippen LogP contribution >= 0.6 is 0 Å². The van der Waals surface area contributed by atoms with Crippen LogP contribution in [0.5, 0.6) is 0 Å². The zero-order chi connectivity index (χ0) is 16.7. The molecule has 2 aromatic rings. The van der Waals surface area contributed by atoms with Gasteiger partial charge in [0.2, 0.25) is 5.91 Å². The molecule has 124 valence electrons. The summed E-state index contributed by atoms with van der Waals surface area (Å²) in [6.45, 7) is 4.32. The van der Waals surface area contributed by atoms with Gasteiger partial charge >= 0.3 is 0 Å². The van der Waals surface area contributed by atoms with Crippen LogP contribution in [-0.2, 0) is 4.79 Å². The minimum absolute atomic E-state index is 0.0350. The summed E-state index contributed by atoms with van der Waals surface area (Å²) in [7, 11) is 0. The normalized spacial score (nSPS) is 21.0. The highest BCUT2D eigenvalue weighted by molar-refractivity contribution is 6.05. The molecule has 0 bridgehead atoms. The Bertz CT molecular complexity index is 770. The predicted molar refractivity (Wildman–Crippen MR) is 96.1 cm³/mol. The molecule has 2 aliphatic rings. The minimum atomic E-state index is -0.0397. The molecule has 1 aromatic carbocycles. The van der Waals surface area contributed by atoms with Gasteiger partial charge in [0.25, 0.3) is 0 Å². The second kappa shape index (κ2) is 5.82. The van der Waals surface area contributed by atoms with Crippen LogP contribution in [0.1, 0.15) is 49.9 Å². The Morgan fingerprint density at radius 3 is 2.38 bits per heavy atom. The third-order valence-corrected chi connectivity index (χ3v) is 5.22. The van der Waals surface area contributed by atoms with Crippen molar-refractivity contribution in [3.63, 3.8) is 0 Å². The highest BCUT2D eigenvalue weighted by Gasteiger charge is 2.37. The average molecular weight is 322 g/mol. The number of hydrogen-bond donors (Lipinski definition) is 3. The molecule has 0 radical (unpaired) electrons. The van der Waals surface area contributed by atoms with Crippen molar-refractivity contribution < 1.29 is 4.79 Å². The fourth-order valence-electron chi connectivity index (χ4n) is 3.87. The molecular formula is C19H22N4O. The van der Waals surface area contributed by atoms with Crippen LogP contribution in [0.4, 0.5) is 17.1 Å². The first kappa shape index (κ1) is 15.0. The topological polar surface area (TPSA) is 66.0 Å². The standard InChI is InChI=1S/C19H22N4O/c1-3-11(4-2)17-13-9-15-16(10-14(13)23-19(17)24)22-18(21-15)12-5-7-20-8-6-12/h5-11,17-18,21-22H,3-4H2,1-2H3,(H,23,24). The fourth-order valence-corrected chi connectivity index (χ4v) is 3.87. The van der Waals surface area contributed by atoms with Crippen molar-refractivity contribution in [3.8, 4) is 0 Å². The maximum Gasteiger partial charge on any atom is 0.232 e. The van der Waals surface area contributed by atoms with Gasteiger partial charge in [0.15, 0.2) is 0 Å². The number of aromatic nitrogens is 1. The quantitative estimate of drug-likeness (QED) is 0.793. The number of nitrogens with one attached hydrogen (secondary N) is 3. The lowest BCUT2D eigenvalue weighted by molar-refractivity contribution is -0.118. The number of rotatable bonds is 4. The lowest BCUT2D eigenvalue weighted by Crippen LogP contribution is -2.20. The number of hydrogen-bond acceptors (Lipinski definition) is 4. The Labute approximate surface area is 141 Å². The zero-order valence-corrected chi connectivity index (χ0v) is 14.0. The summed E-state index contributed by atoms with van der Waals surface area (Å²) >= 11 is 0. The maximum atomic E-state index is 12.4. The Morgan fingerprint density at radius 1 is 1.04 bits per heavy atom. The van der Waals surface area contributed by atoms with Gasteiger partial charge in [-0.1, -0.05) is 26.7 Å². The molecule has 0 saturated heterocycles. The van der Waals surface area contributed by atoms with E-state index in [1.165, 1.54) is 0 Å². The van der Waals surface area contributed by atoms with E-state index in [1.807, 2.05) is 12.1 Å².